The molecule has 0 unspecified atom stereocenters. The molecule has 4 aromatic rings. The van der Waals surface area contributed by atoms with Crippen LogP contribution in [0.5, 0.6) is 5.75 Å². The zero-order valence-corrected chi connectivity index (χ0v) is 12.6. The number of nitrogens with zero attached hydrogens (tertiary/aromatic N) is 3. The lowest BCUT2D eigenvalue weighted by Gasteiger charge is -2.10. The normalized spacial score (nSPS) is 10.9. The minimum absolute atomic E-state index is 0.0669. The molecule has 0 saturated carbocycles. The van der Waals surface area contributed by atoms with E-state index in [2.05, 4.69) is 21.3 Å². The van der Waals surface area contributed by atoms with Gasteiger partial charge in [0.1, 0.15) is 23.4 Å². The number of pyridine rings is 1. The Labute approximate surface area is 140 Å². The molecule has 0 amide bonds. The van der Waals surface area contributed by atoms with Gasteiger partial charge in [0.2, 0.25) is 0 Å². The molecule has 0 fully saturated rings. The Hall–Kier alpha value is -3.86. The van der Waals surface area contributed by atoms with Crippen molar-refractivity contribution < 1.29 is 13.9 Å². The number of halogens is 1. The first-order valence-corrected chi connectivity index (χ1v) is 7.20. The molecule has 0 atom stereocenters. The Morgan fingerprint density at radius 2 is 2.16 bits per heavy atom. The van der Waals surface area contributed by atoms with E-state index in [4.69, 9.17) is 10.2 Å². The molecule has 0 aliphatic heterocycles. The van der Waals surface area contributed by atoms with Gasteiger partial charge < -0.3 is 15.3 Å². The number of hydrogen-bond acceptors (Lipinski definition) is 6. The summed E-state index contributed by atoms with van der Waals surface area (Å²) in [4.78, 5) is 4.31. The van der Waals surface area contributed by atoms with Gasteiger partial charge in [-0.2, -0.15) is 10.4 Å². The third kappa shape index (κ3) is 2.18. The average Bonchev–Trinajstić information content (AvgIpc) is 3.24. The molecule has 122 valence electrons. The van der Waals surface area contributed by atoms with Crippen molar-refractivity contribution in [2.24, 2.45) is 0 Å². The summed E-state index contributed by atoms with van der Waals surface area (Å²) in [5.41, 5.74) is 6.85. The number of anilines is 1. The van der Waals surface area contributed by atoms with Gasteiger partial charge >= 0.3 is 0 Å². The van der Waals surface area contributed by atoms with E-state index in [0.29, 0.717) is 22.4 Å². The highest BCUT2D eigenvalue weighted by atomic mass is 19.1. The number of hydrogen-bond donors (Lipinski definition) is 3. The van der Waals surface area contributed by atoms with Crippen molar-refractivity contribution in [3.05, 3.63) is 48.0 Å². The Kier molecular flexibility index (Phi) is 3.15. The van der Waals surface area contributed by atoms with E-state index >= 15 is 0 Å². The van der Waals surface area contributed by atoms with Crippen molar-refractivity contribution in [2.45, 2.75) is 0 Å². The zero-order chi connectivity index (χ0) is 17.6. The smallest absolute Gasteiger partial charge is 0.158 e. The summed E-state index contributed by atoms with van der Waals surface area (Å²) in [6, 6.07) is 9.01. The van der Waals surface area contributed by atoms with E-state index in [1.54, 1.807) is 12.1 Å². The summed E-state index contributed by atoms with van der Waals surface area (Å²) in [6.07, 6.45) is 1.46. The second kappa shape index (κ2) is 5.35. The Morgan fingerprint density at radius 3 is 2.84 bits per heavy atom. The van der Waals surface area contributed by atoms with Gasteiger partial charge in [-0.15, -0.1) is 0 Å². The van der Waals surface area contributed by atoms with Gasteiger partial charge in [0, 0.05) is 11.6 Å². The number of aromatic nitrogens is 3. The highest BCUT2D eigenvalue weighted by molar-refractivity contribution is 6.03. The van der Waals surface area contributed by atoms with Crippen LogP contribution in [0.4, 0.5) is 10.2 Å². The zero-order valence-electron chi connectivity index (χ0n) is 12.6. The number of phenols is 1. The number of nitrogens with one attached hydrogen (secondary N) is 1. The molecular weight excluding hydrogens is 325 g/mol. The number of fused-ring (bicyclic) bond motifs is 1. The van der Waals surface area contributed by atoms with Crippen LogP contribution in [0.1, 0.15) is 5.56 Å². The van der Waals surface area contributed by atoms with Gasteiger partial charge in [0.05, 0.1) is 28.5 Å². The fourth-order valence-corrected chi connectivity index (χ4v) is 2.75. The number of nitrogens with two attached hydrogens (primary N) is 1. The maximum Gasteiger partial charge on any atom is 0.158 e. The Bertz CT molecular complexity index is 1140. The summed E-state index contributed by atoms with van der Waals surface area (Å²) < 4.78 is 19.8. The third-order valence-corrected chi connectivity index (χ3v) is 3.82. The second-order valence-electron chi connectivity index (χ2n) is 5.30. The van der Waals surface area contributed by atoms with Gasteiger partial charge in [0.25, 0.3) is 0 Å². The first-order valence-electron chi connectivity index (χ1n) is 7.20. The molecule has 0 spiro atoms. The molecule has 0 saturated heterocycles. The highest BCUT2D eigenvalue weighted by Gasteiger charge is 2.24. The number of benzene rings is 1. The van der Waals surface area contributed by atoms with Crippen molar-refractivity contribution >= 4 is 16.9 Å². The van der Waals surface area contributed by atoms with Gasteiger partial charge in [-0.25, -0.2) is 9.37 Å². The van der Waals surface area contributed by atoms with Crippen LogP contribution in [-0.4, -0.2) is 20.3 Å². The minimum Gasteiger partial charge on any atom is -0.508 e. The third-order valence-electron chi connectivity index (χ3n) is 3.82. The summed E-state index contributed by atoms with van der Waals surface area (Å²) in [5.74, 6) is -0.389. The predicted molar refractivity (Wildman–Crippen MR) is 87.8 cm³/mol. The number of furan rings is 1. The molecule has 0 bridgehead atoms. The van der Waals surface area contributed by atoms with Crippen LogP contribution >= 0.6 is 0 Å². The molecule has 0 radical (unpaired) electrons. The molecule has 3 heterocycles. The Morgan fingerprint density at radius 1 is 1.32 bits per heavy atom. The molecule has 25 heavy (non-hydrogen) atoms. The molecule has 4 N–H and O–H groups in total. The van der Waals surface area contributed by atoms with E-state index in [1.807, 2.05) is 0 Å². The van der Waals surface area contributed by atoms with Gasteiger partial charge in [-0.05, 0) is 24.3 Å². The molecule has 0 aliphatic rings. The van der Waals surface area contributed by atoms with Gasteiger partial charge in [-0.1, -0.05) is 0 Å². The number of phenolic OH excluding ortho intramolecular Hbond substituents is 1. The van der Waals surface area contributed by atoms with Crippen LogP contribution in [0, 0.1) is 17.1 Å². The van der Waals surface area contributed by atoms with Crippen LogP contribution < -0.4 is 5.73 Å². The molecule has 0 aliphatic carbocycles. The maximum atomic E-state index is 14.3. The van der Waals surface area contributed by atoms with Crippen molar-refractivity contribution in [1.29, 1.82) is 5.26 Å². The van der Waals surface area contributed by atoms with Crippen molar-refractivity contribution in [2.75, 3.05) is 5.73 Å². The SMILES string of the molecule is N#Cc1c(-c2ccc(O)cc2F)nc2[nH]nc(N)c2c1-c1ccco1. The molecule has 8 heteroatoms. The van der Waals surface area contributed by atoms with Crippen LogP contribution in [0.3, 0.4) is 0 Å². The number of nitrogen functional groups attached to an aromatic ring is 1. The Balaban J connectivity index is 2.15. The lowest BCUT2D eigenvalue weighted by molar-refractivity contribution is 0.469. The number of aromatic hydroxyl groups is 1. The number of H-pyrrole nitrogens is 1. The number of rotatable bonds is 2. The summed E-state index contributed by atoms with van der Waals surface area (Å²) in [7, 11) is 0. The van der Waals surface area contributed by atoms with E-state index in [-0.39, 0.29) is 28.4 Å². The van der Waals surface area contributed by atoms with E-state index in [1.165, 1.54) is 18.4 Å². The summed E-state index contributed by atoms with van der Waals surface area (Å²) >= 11 is 0. The predicted octanol–water partition coefficient (Wildman–Crippen LogP) is 3.18. The fourth-order valence-electron chi connectivity index (χ4n) is 2.75. The largest absolute Gasteiger partial charge is 0.508 e. The van der Waals surface area contributed by atoms with Crippen molar-refractivity contribution in [1.82, 2.24) is 15.2 Å². The first kappa shape index (κ1) is 14.7. The van der Waals surface area contributed by atoms with E-state index in [0.717, 1.165) is 6.07 Å². The monoisotopic (exact) mass is 335 g/mol. The quantitative estimate of drug-likeness (QED) is 0.516. The molecule has 4 rings (SSSR count). The van der Waals surface area contributed by atoms with E-state index < -0.39 is 5.82 Å². The average molecular weight is 335 g/mol. The van der Waals surface area contributed by atoms with E-state index in [9.17, 15) is 14.8 Å². The van der Waals surface area contributed by atoms with Crippen molar-refractivity contribution in [3.8, 4) is 34.4 Å². The van der Waals surface area contributed by atoms with Crippen LogP contribution in [0.2, 0.25) is 0 Å². The standard InChI is InChI=1S/C17H10FN5O2/c18-11-6-8(24)3-4-9(11)15-10(7-19)13(12-2-1-5-25-12)14-16(20)22-23-17(14)21-15/h1-6,24H,(H3,20,21,22,23). The molecule has 7 nitrogen and oxygen atoms in total. The fraction of sp³-hybridized carbons (Fsp3) is 0. The molecule has 3 aromatic heterocycles. The van der Waals surface area contributed by atoms with Crippen LogP contribution in [0.25, 0.3) is 33.6 Å². The van der Waals surface area contributed by atoms with Gasteiger partial charge in [-0.3, -0.25) is 5.10 Å². The molecular formula is C17H10FN5O2. The summed E-state index contributed by atoms with van der Waals surface area (Å²) in [5, 5.41) is 26.2. The second-order valence-corrected chi connectivity index (χ2v) is 5.30. The highest BCUT2D eigenvalue weighted by Crippen LogP contribution is 2.39. The maximum absolute atomic E-state index is 14.3. The molecule has 1 aromatic carbocycles. The first-order chi connectivity index (χ1) is 12.1. The van der Waals surface area contributed by atoms with Crippen LogP contribution in [0.15, 0.2) is 41.0 Å². The van der Waals surface area contributed by atoms with Crippen molar-refractivity contribution in [3.63, 3.8) is 0 Å². The minimum atomic E-state index is -0.707. The lowest BCUT2D eigenvalue weighted by atomic mass is 9.97. The van der Waals surface area contributed by atoms with Gasteiger partial charge in [0.15, 0.2) is 11.5 Å². The van der Waals surface area contributed by atoms with Crippen LogP contribution in [-0.2, 0) is 0 Å². The lowest BCUT2D eigenvalue weighted by Crippen LogP contribution is -1.98. The number of aromatic amines is 1. The number of nitriles is 1. The topological polar surface area (TPSA) is 125 Å². The summed E-state index contributed by atoms with van der Waals surface area (Å²) in [6.45, 7) is 0.